The molecule has 0 aliphatic heterocycles. The van der Waals surface area contributed by atoms with Crippen molar-refractivity contribution in [2.75, 3.05) is 6.54 Å². The van der Waals surface area contributed by atoms with Crippen LogP contribution in [0.3, 0.4) is 0 Å². The Hall–Kier alpha value is -1.15. The van der Waals surface area contributed by atoms with E-state index in [2.05, 4.69) is 43.2 Å². The number of likely N-dealkylation sites (N-methyl/N-ethyl adjacent to an activating group) is 1. The molecule has 1 rings (SSSR count). The van der Waals surface area contributed by atoms with E-state index in [0.29, 0.717) is 6.04 Å². The SMILES string of the molecule is CCNC(C=C(C)C)CCc1ccccn1. The minimum Gasteiger partial charge on any atom is -0.311 e. The van der Waals surface area contributed by atoms with Gasteiger partial charge in [0.1, 0.15) is 0 Å². The lowest BCUT2D eigenvalue weighted by molar-refractivity contribution is 0.568. The molecule has 0 radical (unpaired) electrons. The van der Waals surface area contributed by atoms with Crippen LogP contribution in [0.5, 0.6) is 0 Å². The van der Waals surface area contributed by atoms with Crippen LogP contribution in [0.1, 0.15) is 32.9 Å². The second-order valence-electron chi connectivity index (χ2n) is 4.27. The lowest BCUT2D eigenvalue weighted by Gasteiger charge is -2.14. The van der Waals surface area contributed by atoms with E-state index in [1.165, 1.54) is 11.3 Å². The standard InChI is InChI=1S/C14H22N2/c1-4-15-14(11-12(2)3)9-8-13-7-5-6-10-16-13/h5-7,10-11,14-15H,4,8-9H2,1-3H3. The molecule has 2 heteroatoms. The molecule has 0 aromatic carbocycles. The van der Waals surface area contributed by atoms with Crippen molar-refractivity contribution in [2.45, 2.75) is 39.7 Å². The number of aryl methyl sites for hydroxylation is 1. The molecule has 0 aliphatic carbocycles. The second-order valence-corrected chi connectivity index (χ2v) is 4.27. The minimum absolute atomic E-state index is 0.469. The van der Waals surface area contributed by atoms with Crippen molar-refractivity contribution in [3.8, 4) is 0 Å². The van der Waals surface area contributed by atoms with Crippen LogP contribution in [0, 0.1) is 0 Å². The Balaban J connectivity index is 2.47. The Morgan fingerprint density at radius 3 is 2.81 bits per heavy atom. The zero-order valence-electron chi connectivity index (χ0n) is 10.5. The molecular formula is C14H22N2. The molecule has 0 spiro atoms. The maximum Gasteiger partial charge on any atom is 0.0404 e. The molecular weight excluding hydrogens is 196 g/mol. The summed E-state index contributed by atoms with van der Waals surface area (Å²) in [5, 5.41) is 3.48. The number of allylic oxidation sites excluding steroid dienone is 1. The highest BCUT2D eigenvalue weighted by Gasteiger charge is 2.04. The van der Waals surface area contributed by atoms with E-state index >= 15 is 0 Å². The molecule has 1 atom stereocenters. The summed E-state index contributed by atoms with van der Waals surface area (Å²) in [6, 6.07) is 6.57. The minimum atomic E-state index is 0.469. The van der Waals surface area contributed by atoms with Crippen molar-refractivity contribution in [1.29, 1.82) is 0 Å². The summed E-state index contributed by atoms with van der Waals surface area (Å²) in [7, 11) is 0. The van der Waals surface area contributed by atoms with Crippen molar-refractivity contribution in [3.05, 3.63) is 41.7 Å². The first-order valence-electron chi connectivity index (χ1n) is 6.00. The van der Waals surface area contributed by atoms with Crippen LogP contribution in [-0.4, -0.2) is 17.6 Å². The van der Waals surface area contributed by atoms with Gasteiger partial charge in [-0.2, -0.15) is 0 Å². The molecule has 0 saturated heterocycles. The van der Waals surface area contributed by atoms with Gasteiger partial charge in [0.2, 0.25) is 0 Å². The van der Waals surface area contributed by atoms with Gasteiger partial charge in [0.05, 0.1) is 0 Å². The van der Waals surface area contributed by atoms with Gasteiger partial charge in [0.25, 0.3) is 0 Å². The molecule has 0 saturated carbocycles. The number of rotatable bonds is 6. The van der Waals surface area contributed by atoms with Gasteiger partial charge >= 0.3 is 0 Å². The highest BCUT2D eigenvalue weighted by atomic mass is 14.9. The molecule has 2 nitrogen and oxygen atoms in total. The van der Waals surface area contributed by atoms with Gasteiger partial charge in [-0.15, -0.1) is 0 Å². The van der Waals surface area contributed by atoms with Gasteiger partial charge in [-0.05, 0) is 45.4 Å². The number of nitrogens with one attached hydrogen (secondary N) is 1. The van der Waals surface area contributed by atoms with Crippen LogP contribution < -0.4 is 5.32 Å². The third-order valence-electron chi connectivity index (χ3n) is 2.44. The largest absolute Gasteiger partial charge is 0.311 e. The van der Waals surface area contributed by atoms with E-state index in [-0.39, 0.29) is 0 Å². The highest BCUT2D eigenvalue weighted by molar-refractivity contribution is 5.06. The van der Waals surface area contributed by atoms with Crippen LogP contribution >= 0.6 is 0 Å². The van der Waals surface area contributed by atoms with Gasteiger partial charge < -0.3 is 5.32 Å². The normalized spacial score (nSPS) is 12.2. The summed E-state index contributed by atoms with van der Waals surface area (Å²) in [4.78, 5) is 4.34. The maximum absolute atomic E-state index is 4.34. The Labute approximate surface area is 98.8 Å². The number of pyridine rings is 1. The smallest absolute Gasteiger partial charge is 0.0404 e. The van der Waals surface area contributed by atoms with Crippen LogP contribution in [-0.2, 0) is 6.42 Å². The second kappa shape index (κ2) is 7.18. The number of hydrogen-bond acceptors (Lipinski definition) is 2. The molecule has 1 unspecified atom stereocenters. The Morgan fingerprint density at radius 1 is 1.44 bits per heavy atom. The Bertz CT molecular complexity index is 313. The van der Waals surface area contributed by atoms with E-state index in [4.69, 9.17) is 0 Å². The zero-order valence-corrected chi connectivity index (χ0v) is 10.5. The highest BCUT2D eigenvalue weighted by Crippen LogP contribution is 2.05. The molecule has 88 valence electrons. The lowest BCUT2D eigenvalue weighted by Crippen LogP contribution is -2.27. The summed E-state index contributed by atoms with van der Waals surface area (Å²) in [5.41, 5.74) is 2.54. The Kier molecular flexibility index (Phi) is 5.79. The first-order chi connectivity index (χ1) is 7.72. The summed E-state index contributed by atoms with van der Waals surface area (Å²) in [6.45, 7) is 7.44. The van der Waals surface area contributed by atoms with Gasteiger partial charge in [-0.1, -0.05) is 24.6 Å². The fourth-order valence-electron chi connectivity index (χ4n) is 1.76. The van der Waals surface area contributed by atoms with Gasteiger partial charge in [-0.3, -0.25) is 4.98 Å². The van der Waals surface area contributed by atoms with Crippen LogP contribution in [0.2, 0.25) is 0 Å². The summed E-state index contributed by atoms with van der Waals surface area (Å²) in [6.07, 6.45) is 6.29. The molecule has 1 N–H and O–H groups in total. The van der Waals surface area contributed by atoms with Gasteiger partial charge in [0, 0.05) is 17.9 Å². The van der Waals surface area contributed by atoms with Crippen molar-refractivity contribution in [1.82, 2.24) is 10.3 Å². The van der Waals surface area contributed by atoms with E-state index in [9.17, 15) is 0 Å². The summed E-state index contributed by atoms with van der Waals surface area (Å²) < 4.78 is 0. The van der Waals surface area contributed by atoms with E-state index in [0.717, 1.165) is 19.4 Å². The molecule has 0 amide bonds. The van der Waals surface area contributed by atoms with Crippen LogP contribution in [0.15, 0.2) is 36.0 Å². The predicted molar refractivity (Wildman–Crippen MR) is 69.5 cm³/mol. The molecule has 16 heavy (non-hydrogen) atoms. The average molecular weight is 218 g/mol. The van der Waals surface area contributed by atoms with Crippen molar-refractivity contribution in [2.24, 2.45) is 0 Å². The van der Waals surface area contributed by atoms with E-state index in [1.807, 2.05) is 18.3 Å². The monoisotopic (exact) mass is 218 g/mol. The fourth-order valence-corrected chi connectivity index (χ4v) is 1.76. The Morgan fingerprint density at radius 2 is 2.25 bits per heavy atom. The summed E-state index contributed by atoms with van der Waals surface area (Å²) in [5.74, 6) is 0. The number of aromatic nitrogens is 1. The number of hydrogen-bond donors (Lipinski definition) is 1. The number of nitrogens with zero attached hydrogens (tertiary/aromatic N) is 1. The van der Waals surface area contributed by atoms with Crippen molar-refractivity contribution >= 4 is 0 Å². The molecule has 1 aromatic rings. The fraction of sp³-hybridized carbons (Fsp3) is 0.500. The zero-order chi connectivity index (χ0) is 11.8. The molecule has 1 heterocycles. The topological polar surface area (TPSA) is 24.9 Å². The van der Waals surface area contributed by atoms with Crippen LogP contribution in [0.4, 0.5) is 0 Å². The molecule has 1 aromatic heterocycles. The third-order valence-corrected chi connectivity index (χ3v) is 2.44. The molecule has 0 fully saturated rings. The lowest BCUT2D eigenvalue weighted by atomic mass is 10.1. The van der Waals surface area contributed by atoms with Crippen LogP contribution in [0.25, 0.3) is 0 Å². The first kappa shape index (κ1) is 12.9. The average Bonchev–Trinajstić information content (AvgIpc) is 2.27. The van der Waals surface area contributed by atoms with E-state index in [1.54, 1.807) is 0 Å². The van der Waals surface area contributed by atoms with Crippen molar-refractivity contribution in [3.63, 3.8) is 0 Å². The van der Waals surface area contributed by atoms with Crippen molar-refractivity contribution < 1.29 is 0 Å². The van der Waals surface area contributed by atoms with E-state index < -0.39 is 0 Å². The maximum atomic E-state index is 4.34. The molecule has 0 bridgehead atoms. The first-order valence-corrected chi connectivity index (χ1v) is 6.00. The predicted octanol–water partition coefficient (Wildman–Crippen LogP) is 2.96. The van der Waals surface area contributed by atoms with Gasteiger partial charge in [0.15, 0.2) is 0 Å². The quantitative estimate of drug-likeness (QED) is 0.743. The summed E-state index contributed by atoms with van der Waals surface area (Å²) >= 11 is 0. The van der Waals surface area contributed by atoms with Gasteiger partial charge in [-0.25, -0.2) is 0 Å². The third kappa shape index (κ3) is 5.08. The molecule has 0 aliphatic rings.